The van der Waals surface area contributed by atoms with Gasteiger partial charge in [0.2, 0.25) is 0 Å². The molecule has 0 saturated carbocycles. The molecule has 132 valence electrons. The molecule has 3 aromatic rings. The Labute approximate surface area is 156 Å². The number of rotatable bonds is 6. The van der Waals surface area contributed by atoms with Gasteiger partial charge in [-0.1, -0.05) is 18.9 Å². The Morgan fingerprint density at radius 1 is 1.27 bits per heavy atom. The van der Waals surface area contributed by atoms with E-state index in [2.05, 4.69) is 15.9 Å². The Morgan fingerprint density at radius 2 is 2.12 bits per heavy atom. The van der Waals surface area contributed by atoms with Crippen LogP contribution in [0.15, 0.2) is 53.6 Å². The van der Waals surface area contributed by atoms with Crippen LogP contribution in [-0.2, 0) is 6.54 Å². The molecule has 0 aliphatic rings. The predicted octanol–water partition coefficient (Wildman–Crippen LogP) is 3.67. The summed E-state index contributed by atoms with van der Waals surface area (Å²) >= 11 is 1.48. The monoisotopic (exact) mass is 365 g/mol. The molecular formula is C19H19N5OS. The SMILES string of the molecule is CCCn1cc(-n2ccc(-c3ccc(NSC)cc3C#N)n2)ccc1=O. The van der Waals surface area contributed by atoms with E-state index in [1.807, 2.05) is 43.6 Å². The van der Waals surface area contributed by atoms with Crippen molar-refractivity contribution >= 4 is 17.6 Å². The Hall–Kier alpha value is -2.98. The maximum Gasteiger partial charge on any atom is 0.250 e. The van der Waals surface area contributed by atoms with Gasteiger partial charge in [0.15, 0.2) is 0 Å². The summed E-state index contributed by atoms with van der Waals surface area (Å²) in [6, 6.07) is 13.0. The van der Waals surface area contributed by atoms with E-state index in [0.29, 0.717) is 17.8 Å². The van der Waals surface area contributed by atoms with Crippen LogP contribution in [0.2, 0.25) is 0 Å². The molecule has 3 rings (SSSR count). The van der Waals surface area contributed by atoms with E-state index < -0.39 is 0 Å². The van der Waals surface area contributed by atoms with Gasteiger partial charge in [-0.05, 0) is 36.8 Å². The van der Waals surface area contributed by atoms with Gasteiger partial charge >= 0.3 is 0 Å². The molecule has 1 aromatic carbocycles. The van der Waals surface area contributed by atoms with E-state index in [-0.39, 0.29) is 5.56 Å². The van der Waals surface area contributed by atoms with E-state index in [4.69, 9.17) is 0 Å². The molecule has 0 unspecified atom stereocenters. The number of hydrogen-bond donors (Lipinski definition) is 1. The quantitative estimate of drug-likeness (QED) is 0.675. The third-order valence-electron chi connectivity index (χ3n) is 3.92. The van der Waals surface area contributed by atoms with Crippen molar-refractivity contribution in [2.45, 2.75) is 19.9 Å². The summed E-state index contributed by atoms with van der Waals surface area (Å²) in [5.74, 6) is 0. The minimum atomic E-state index is -0.0216. The first-order valence-electron chi connectivity index (χ1n) is 8.26. The van der Waals surface area contributed by atoms with E-state index in [1.54, 1.807) is 27.6 Å². The summed E-state index contributed by atoms with van der Waals surface area (Å²) in [5, 5.41) is 14.1. The number of hydrogen-bond acceptors (Lipinski definition) is 5. The zero-order valence-corrected chi connectivity index (χ0v) is 15.5. The van der Waals surface area contributed by atoms with Gasteiger partial charge in [0.1, 0.15) is 0 Å². The Balaban J connectivity index is 1.97. The largest absolute Gasteiger partial charge is 0.330 e. The fraction of sp³-hybridized carbons (Fsp3) is 0.211. The molecule has 26 heavy (non-hydrogen) atoms. The lowest BCUT2D eigenvalue weighted by atomic mass is 10.1. The number of anilines is 1. The normalized spacial score (nSPS) is 10.5. The van der Waals surface area contributed by atoms with Crippen LogP contribution in [0.3, 0.4) is 0 Å². The highest BCUT2D eigenvalue weighted by atomic mass is 32.2. The second-order valence-electron chi connectivity index (χ2n) is 5.74. The molecule has 2 heterocycles. The number of aromatic nitrogens is 3. The van der Waals surface area contributed by atoms with Crippen LogP contribution in [0.25, 0.3) is 16.9 Å². The van der Waals surface area contributed by atoms with Crippen molar-refractivity contribution in [3.05, 3.63) is 64.7 Å². The van der Waals surface area contributed by atoms with E-state index in [9.17, 15) is 10.1 Å². The van der Waals surface area contributed by atoms with Crippen molar-refractivity contribution in [1.29, 1.82) is 5.26 Å². The lowest BCUT2D eigenvalue weighted by Gasteiger charge is -2.07. The average Bonchev–Trinajstić information content (AvgIpc) is 3.14. The van der Waals surface area contributed by atoms with Crippen LogP contribution in [0.1, 0.15) is 18.9 Å². The summed E-state index contributed by atoms with van der Waals surface area (Å²) in [7, 11) is 0. The summed E-state index contributed by atoms with van der Waals surface area (Å²) in [4.78, 5) is 11.9. The van der Waals surface area contributed by atoms with Crippen molar-refractivity contribution in [1.82, 2.24) is 14.3 Å². The standard InChI is InChI=1S/C19H19N5OS/c1-3-9-23-13-16(5-7-19(23)25)24-10-8-18(21-24)17-6-4-15(22-26-2)11-14(17)12-20/h4-8,10-11,13,22H,3,9H2,1-2H3. The third-order valence-corrected chi connectivity index (χ3v) is 4.36. The molecule has 0 fully saturated rings. The van der Waals surface area contributed by atoms with Crippen LogP contribution in [-0.4, -0.2) is 20.6 Å². The predicted molar refractivity (Wildman–Crippen MR) is 105 cm³/mol. The summed E-state index contributed by atoms with van der Waals surface area (Å²) in [6.45, 7) is 2.70. The first-order valence-corrected chi connectivity index (χ1v) is 9.48. The van der Waals surface area contributed by atoms with Crippen molar-refractivity contribution in [2.75, 3.05) is 11.0 Å². The maximum absolute atomic E-state index is 11.9. The second kappa shape index (κ2) is 7.93. The lowest BCUT2D eigenvalue weighted by Crippen LogP contribution is -2.19. The first-order chi connectivity index (χ1) is 12.7. The summed E-state index contributed by atoms with van der Waals surface area (Å²) < 4.78 is 6.52. The molecule has 0 aliphatic carbocycles. The molecular weight excluding hydrogens is 346 g/mol. The van der Waals surface area contributed by atoms with Crippen molar-refractivity contribution in [3.8, 4) is 23.0 Å². The van der Waals surface area contributed by atoms with Crippen LogP contribution in [0.4, 0.5) is 5.69 Å². The van der Waals surface area contributed by atoms with Gasteiger partial charge in [-0.15, -0.1) is 0 Å². The Bertz CT molecular complexity index is 1020. The number of benzene rings is 1. The molecule has 0 saturated heterocycles. The van der Waals surface area contributed by atoms with Crippen LogP contribution >= 0.6 is 11.9 Å². The molecule has 0 bridgehead atoms. The van der Waals surface area contributed by atoms with E-state index in [1.165, 1.54) is 11.9 Å². The zero-order valence-electron chi connectivity index (χ0n) is 14.6. The van der Waals surface area contributed by atoms with Crippen LogP contribution in [0.5, 0.6) is 0 Å². The van der Waals surface area contributed by atoms with Gasteiger partial charge in [-0.25, -0.2) is 4.68 Å². The van der Waals surface area contributed by atoms with Crippen LogP contribution in [0, 0.1) is 11.3 Å². The van der Waals surface area contributed by atoms with Gasteiger partial charge in [0.25, 0.3) is 5.56 Å². The minimum Gasteiger partial charge on any atom is -0.330 e. The van der Waals surface area contributed by atoms with Gasteiger partial charge in [0.05, 0.1) is 23.0 Å². The van der Waals surface area contributed by atoms with Crippen LogP contribution < -0.4 is 10.3 Å². The summed E-state index contributed by atoms with van der Waals surface area (Å²) in [6.07, 6.45) is 6.45. The molecule has 6 nitrogen and oxygen atoms in total. The lowest BCUT2D eigenvalue weighted by molar-refractivity contribution is 0.648. The molecule has 1 N–H and O–H groups in total. The minimum absolute atomic E-state index is 0.0216. The topological polar surface area (TPSA) is 75.6 Å². The molecule has 0 radical (unpaired) electrons. The number of aryl methyl sites for hydroxylation is 1. The van der Waals surface area contributed by atoms with Gasteiger partial charge in [-0.3, -0.25) is 4.79 Å². The highest BCUT2D eigenvalue weighted by Crippen LogP contribution is 2.26. The molecule has 0 atom stereocenters. The molecule has 7 heteroatoms. The summed E-state index contributed by atoms with van der Waals surface area (Å²) in [5.41, 5.74) is 3.72. The van der Waals surface area contributed by atoms with Gasteiger partial charge in [0, 0.05) is 42.5 Å². The van der Waals surface area contributed by atoms with E-state index in [0.717, 1.165) is 23.4 Å². The second-order valence-corrected chi connectivity index (χ2v) is 6.36. The maximum atomic E-state index is 11.9. The first kappa shape index (κ1) is 17.8. The van der Waals surface area contributed by atoms with Crippen molar-refractivity contribution in [3.63, 3.8) is 0 Å². The fourth-order valence-electron chi connectivity index (χ4n) is 2.72. The smallest absolute Gasteiger partial charge is 0.250 e. The highest BCUT2D eigenvalue weighted by Gasteiger charge is 2.10. The zero-order chi connectivity index (χ0) is 18.5. The number of nitriles is 1. The highest BCUT2D eigenvalue weighted by molar-refractivity contribution is 7.99. The molecule has 0 amide bonds. The fourth-order valence-corrected chi connectivity index (χ4v) is 3.09. The number of nitrogens with zero attached hydrogens (tertiary/aromatic N) is 4. The molecule has 0 aliphatic heterocycles. The third kappa shape index (κ3) is 3.65. The Morgan fingerprint density at radius 3 is 2.85 bits per heavy atom. The molecule has 0 spiro atoms. The van der Waals surface area contributed by atoms with Crippen molar-refractivity contribution < 1.29 is 0 Å². The average molecular weight is 365 g/mol. The van der Waals surface area contributed by atoms with Crippen molar-refractivity contribution in [2.24, 2.45) is 0 Å². The van der Waals surface area contributed by atoms with Gasteiger partial charge < -0.3 is 9.29 Å². The number of nitrogens with one attached hydrogen (secondary N) is 1. The van der Waals surface area contributed by atoms with E-state index >= 15 is 0 Å². The van der Waals surface area contributed by atoms with Gasteiger partial charge in [-0.2, -0.15) is 10.4 Å². The number of pyridine rings is 1. The Kier molecular flexibility index (Phi) is 5.44. The molecule has 2 aromatic heterocycles.